The van der Waals surface area contributed by atoms with Gasteiger partial charge in [-0.15, -0.1) is 0 Å². The highest BCUT2D eigenvalue weighted by atomic mass is 16.5. The summed E-state index contributed by atoms with van der Waals surface area (Å²) in [6, 6.07) is 22.9. The molecule has 5 rings (SSSR count). The summed E-state index contributed by atoms with van der Waals surface area (Å²) >= 11 is 0. The molecule has 86 heavy (non-hydrogen) atoms. The fourth-order valence-corrected chi connectivity index (χ4v) is 9.90. The quantitative estimate of drug-likeness (QED) is 0.0173. The van der Waals surface area contributed by atoms with Gasteiger partial charge in [0.05, 0.1) is 24.3 Å². The SMILES string of the molecule is CN[C@@H](C(=O)N[C@@H](C(=O)N(C)[C@@H](/C=C(\C)C(=O)O)C(C)C)C(C)(C)C)C(C)(C)c1cccc(NC(=O)OCc2ccc(NC(=O)[C@@H](CCCNC(N)=O)NC(=O)[C@H](NC(=O)CCC(=O)N3Cc4ccccc4C#Cc4ccccc43)C(C)C)cc2)c1. The van der Waals surface area contributed by atoms with Gasteiger partial charge in [-0.2, -0.15) is 0 Å². The second kappa shape index (κ2) is 30.7. The highest BCUT2D eigenvalue weighted by Crippen LogP contribution is 2.32. The number of urea groups is 1. The maximum Gasteiger partial charge on any atom is 0.411 e. The molecule has 0 unspecified atom stereocenters. The molecule has 21 heteroatoms. The molecule has 0 aromatic heterocycles. The predicted molar refractivity (Wildman–Crippen MR) is 330 cm³/mol. The van der Waals surface area contributed by atoms with Gasteiger partial charge in [-0.1, -0.05) is 135 Å². The van der Waals surface area contributed by atoms with Crippen LogP contribution in [-0.4, -0.2) is 114 Å². The van der Waals surface area contributed by atoms with E-state index in [9.17, 15) is 48.3 Å². The van der Waals surface area contributed by atoms with Gasteiger partial charge in [-0.3, -0.25) is 34.1 Å². The summed E-state index contributed by atoms with van der Waals surface area (Å²) in [5, 5.41) is 29.2. The molecule has 21 nitrogen and oxygen atoms in total. The number of hydrogen-bond donors (Lipinski definition) is 9. The molecule has 0 radical (unpaired) electrons. The van der Waals surface area contributed by atoms with Crippen LogP contribution in [0.25, 0.3) is 0 Å². The summed E-state index contributed by atoms with van der Waals surface area (Å²) in [6.45, 7) is 18.2. The molecule has 1 aliphatic rings. The number of nitrogens with two attached hydrogens (primary N) is 1. The molecule has 0 fully saturated rings. The van der Waals surface area contributed by atoms with Gasteiger partial charge in [0.25, 0.3) is 0 Å². The van der Waals surface area contributed by atoms with Gasteiger partial charge in [0.2, 0.25) is 35.4 Å². The number of rotatable bonds is 26. The maximum atomic E-state index is 14.2. The third kappa shape index (κ3) is 19.0. The van der Waals surface area contributed by atoms with Crippen LogP contribution in [0.4, 0.5) is 26.7 Å². The van der Waals surface area contributed by atoms with E-state index >= 15 is 0 Å². The number of amides is 9. The molecule has 4 aromatic carbocycles. The highest BCUT2D eigenvalue weighted by molar-refractivity contribution is 6.00. The van der Waals surface area contributed by atoms with E-state index in [1.54, 1.807) is 81.4 Å². The Bertz CT molecular complexity index is 3210. The number of para-hydroxylation sites is 1. The highest BCUT2D eigenvalue weighted by Gasteiger charge is 2.42. The Morgan fingerprint density at radius 1 is 0.744 bits per heavy atom. The first kappa shape index (κ1) is 67.8. The lowest BCUT2D eigenvalue weighted by molar-refractivity contribution is -0.141. The first-order valence-corrected chi connectivity index (χ1v) is 28.7. The third-order valence-electron chi connectivity index (χ3n) is 15.0. The Hall–Kier alpha value is -9.03. The summed E-state index contributed by atoms with van der Waals surface area (Å²) in [5.41, 5.74) is 8.68. The minimum atomic E-state index is -1.12. The zero-order valence-corrected chi connectivity index (χ0v) is 51.3. The summed E-state index contributed by atoms with van der Waals surface area (Å²) in [5.74, 6) is 1.83. The number of hydrogen-bond acceptors (Lipinski definition) is 11. The zero-order chi connectivity index (χ0) is 63.6. The molecule has 460 valence electrons. The number of carboxylic acids is 1. The maximum absolute atomic E-state index is 14.2. The second-order valence-electron chi connectivity index (χ2n) is 23.7. The number of likely N-dealkylation sites (N-methyl/N-ethyl adjacent to an activating group) is 2. The van der Waals surface area contributed by atoms with Crippen LogP contribution >= 0.6 is 0 Å². The number of fused-ring (bicyclic) bond motifs is 2. The predicted octanol–water partition coefficient (Wildman–Crippen LogP) is 7.09. The number of carboxylic acid groups (broad SMARTS) is 1. The number of ether oxygens (including phenoxy) is 1. The van der Waals surface area contributed by atoms with Crippen molar-refractivity contribution in [3.05, 3.63) is 137 Å². The summed E-state index contributed by atoms with van der Waals surface area (Å²) in [4.78, 5) is 123. The second-order valence-corrected chi connectivity index (χ2v) is 23.7. The standard InChI is InChI=1S/C65H84N10O11/c1-39(2)51(35-41(5)61(82)83)74(12)60(81)56(64(6,7)8)73-59(80)55(67-11)65(9,10)46-22-17-23-48(36-46)70-63(85)86-38-42-26-30-47(31-27-42)69-57(78)49(24-18-34-68-62(66)84)71-58(79)54(40(3)4)72-52(76)32-33-53(77)75-37-45-21-14-13-19-43(45)28-29-44-20-15-16-25-50(44)75/h13-17,19-23,25-27,30-31,35-36,39-40,49,51,54-56,67H,18,24,32-34,37-38H2,1-12H3,(H,69,78)(H,70,85)(H,71,79)(H,72,76)(H,73,80)(H,82,83)(H3,66,68,84)/b41-35+/t49-,51+,54-,55+,56+/m1/s1. The Kier molecular flexibility index (Phi) is 24.2. The molecule has 5 atom stereocenters. The smallest absolute Gasteiger partial charge is 0.411 e. The molecule has 0 aliphatic carbocycles. The first-order valence-electron chi connectivity index (χ1n) is 28.7. The molecule has 10 N–H and O–H groups in total. The van der Waals surface area contributed by atoms with E-state index in [1.807, 2.05) is 103 Å². The summed E-state index contributed by atoms with van der Waals surface area (Å²) in [7, 11) is 3.24. The summed E-state index contributed by atoms with van der Waals surface area (Å²) < 4.78 is 5.56. The van der Waals surface area contributed by atoms with Crippen molar-refractivity contribution in [2.24, 2.45) is 23.0 Å². The molecule has 1 heterocycles. The van der Waals surface area contributed by atoms with Crippen molar-refractivity contribution in [2.75, 3.05) is 36.2 Å². The van der Waals surface area contributed by atoms with Crippen molar-refractivity contribution in [3.63, 3.8) is 0 Å². The molecular formula is C65H84N10O11. The molecule has 0 saturated heterocycles. The first-order chi connectivity index (χ1) is 40.5. The van der Waals surface area contributed by atoms with Crippen LogP contribution in [0.15, 0.2) is 109 Å². The van der Waals surface area contributed by atoms with Crippen molar-refractivity contribution < 1.29 is 53.0 Å². The van der Waals surface area contributed by atoms with Crippen LogP contribution in [0.2, 0.25) is 0 Å². The van der Waals surface area contributed by atoms with Gasteiger partial charge >= 0.3 is 18.1 Å². The largest absolute Gasteiger partial charge is 0.478 e. The molecule has 4 aromatic rings. The molecule has 0 spiro atoms. The molecule has 1 aliphatic heterocycles. The zero-order valence-electron chi connectivity index (χ0n) is 51.3. The minimum absolute atomic E-state index is 0.0812. The van der Waals surface area contributed by atoms with Crippen molar-refractivity contribution in [2.45, 2.75) is 144 Å². The number of anilines is 3. The van der Waals surface area contributed by atoms with Gasteiger partial charge in [-0.25, -0.2) is 14.4 Å². The van der Waals surface area contributed by atoms with Crippen LogP contribution in [-0.2, 0) is 56.9 Å². The van der Waals surface area contributed by atoms with Crippen LogP contribution in [0.1, 0.15) is 123 Å². The lowest BCUT2D eigenvalue weighted by Gasteiger charge is -2.40. The van der Waals surface area contributed by atoms with Crippen LogP contribution in [0.3, 0.4) is 0 Å². The lowest BCUT2D eigenvalue weighted by atomic mass is 9.76. The number of carbonyl (C=O) groups is 9. The third-order valence-corrected chi connectivity index (χ3v) is 15.0. The number of benzene rings is 4. The number of nitrogens with one attached hydrogen (secondary N) is 7. The fourth-order valence-electron chi connectivity index (χ4n) is 9.90. The van der Waals surface area contributed by atoms with Gasteiger partial charge < -0.3 is 57.3 Å². The van der Waals surface area contributed by atoms with Crippen LogP contribution < -0.4 is 47.9 Å². The van der Waals surface area contributed by atoms with E-state index in [1.165, 1.54) is 11.8 Å². The van der Waals surface area contributed by atoms with Gasteiger partial charge in [0.1, 0.15) is 24.7 Å². The van der Waals surface area contributed by atoms with Crippen LogP contribution in [0, 0.1) is 29.1 Å². The van der Waals surface area contributed by atoms with Gasteiger partial charge in [0, 0.05) is 59.9 Å². The van der Waals surface area contributed by atoms with E-state index in [0.717, 1.165) is 11.1 Å². The van der Waals surface area contributed by atoms with Gasteiger partial charge in [0.15, 0.2) is 0 Å². The molecule has 9 amide bonds. The normalized spacial score (nSPS) is 13.9. The average molecular weight is 1180 g/mol. The van der Waals surface area contributed by atoms with E-state index in [0.29, 0.717) is 33.8 Å². The van der Waals surface area contributed by atoms with Gasteiger partial charge in [-0.05, 0) is 103 Å². The van der Waals surface area contributed by atoms with E-state index in [-0.39, 0.29) is 68.7 Å². The van der Waals surface area contributed by atoms with E-state index in [2.05, 4.69) is 49.1 Å². The number of aliphatic carboxylic acids is 1. The van der Waals surface area contributed by atoms with Crippen molar-refractivity contribution in [1.82, 2.24) is 31.5 Å². The van der Waals surface area contributed by atoms with E-state index in [4.69, 9.17) is 10.5 Å². The number of carbonyl (C=O) groups excluding carboxylic acids is 8. The van der Waals surface area contributed by atoms with E-state index < -0.39 is 88.7 Å². The molecular weight excluding hydrogens is 1100 g/mol. The fraction of sp³-hybridized carbons (Fsp3) is 0.431. The number of primary amides is 1. The minimum Gasteiger partial charge on any atom is -0.478 e. The van der Waals surface area contributed by atoms with Crippen molar-refractivity contribution in [3.8, 4) is 11.8 Å². The van der Waals surface area contributed by atoms with Crippen molar-refractivity contribution >= 4 is 70.6 Å². The molecule has 0 saturated carbocycles. The Morgan fingerprint density at radius 2 is 1.40 bits per heavy atom. The Labute approximate surface area is 504 Å². The monoisotopic (exact) mass is 1180 g/mol. The molecule has 0 bridgehead atoms. The Morgan fingerprint density at radius 3 is 2.02 bits per heavy atom. The average Bonchev–Trinajstić information content (AvgIpc) is 3.59. The van der Waals surface area contributed by atoms with Crippen LogP contribution in [0.5, 0.6) is 0 Å². The topological polar surface area (TPSA) is 300 Å². The summed E-state index contributed by atoms with van der Waals surface area (Å²) in [6.07, 6.45) is 0.742. The number of nitrogens with zero attached hydrogens (tertiary/aromatic N) is 2. The Balaban J connectivity index is 1.18. The lowest BCUT2D eigenvalue weighted by Crippen LogP contribution is -2.61. The van der Waals surface area contributed by atoms with Crippen molar-refractivity contribution in [1.29, 1.82) is 0 Å².